The van der Waals surface area contributed by atoms with Crippen LogP contribution in [0.4, 0.5) is 22.0 Å². The van der Waals surface area contributed by atoms with Crippen LogP contribution in [0.25, 0.3) is 43.6 Å². The molecular formula is C87H76F5N11O4. The van der Waals surface area contributed by atoms with Crippen LogP contribution in [0.15, 0.2) is 153 Å². The van der Waals surface area contributed by atoms with Gasteiger partial charge >= 0.3 is 0 Å². The number of rotatable bonds is 0. The average molecular weight is 1430 g/mol. The Morgan fingerprint density at radius 2 is 0.710 bits per heavy atom. The molecule has 0 fully saturated rings. The highest BCUT2D eigenvalue weighted by atomic mass is 19.1. The molecule has 0 amide bonds. The predicted molar refractivity (Wildman–Crippen MR) is 405 cm³/mol. The van der Waals surface area contributed by atoms with Crippen molar-refractivity contribution in [1.29, 1.82) is 0 Å². The molecule has 12 aromatic rings. The summed E-state index contributed by atoms with van der Waals surface area (Å²) in [5.74, 6) is 22.8. The van der Waals surface area contributed by atoms with Gasteiger partial charge in [0.2, 0.25) is 5.95 Å². The lowest BCUT2D eigenvalue weighted by Gasteiger charge is -2.31. The molecule has 0 bridgehead atoms. The minimum atomic E-state index is -0.788. The molecule has 538 valence electrons. The Bertz CT molecular complexity index is 6020. The zero-order chi connectivity index (χ0) is 75.9. The summed E-state index contributed by atoms with van der Waals surface area (Å²) in [6.07, 6.45) is 11.2. The van der Waals surface area contributed by atoms with Gasteiger partial charge in [-0.25, -0.2) is 42.5 Å². The van der Waals surface area contributed by atoms with Gasteiger partial charge in [0.15, 0.2) is 11.6 Å². The zero-order valence-corrected chi connectivity index (χ0v) is 61.1. The molecule has 15 nitrogen and oxygen atoms in total. The molecule has 0 aliphatic carbocycles. The number of nitrogens with zero attached hydrogens (tertiary/aromatic N) is 11. The van der Waals surface area contributed by atoms with Crippen molar-refractivity contribution < 1.29 is 22.0 Å². The molecule has 11 heterocycles. The van der Waals surface area contributed by atoms with Gasteiger partial charge in [-0.05, 0) is 164 Å². The average Bonchev–Trinajstić information content (AvgIpc) is 0.782. The normalized spacial score (nSPS) is 15.1. The molecule has 20 heteroatoms. The van der Waals surface area contributed by atoms with Gasteiger partial charge in [0, 0.05) is 104 Å². The SMILES string of the molecule is CC1(C)CCc2nc3cc(C#Cc4c(F)cccc4F)ccc3c(=O)n2C1.CC1(C)CCc2nc3cc(C#Cc4cc(F)ncc4F)ccc3c(=O)n2C1.Cc1cc(C#Cc2ccc3c(=O)n4c(nc3c2)CCC(C)(C)C4)ccn1.Cc1nccc(C#Cc2ccc3c(=O)n4c(nc3c2)CCC(C)(C)C4)c1F. The lowest BCUT2D eigenvalue weighted by Crippen LogP contribution is -2.36. The third kappa shape index (κ3) is 16.6. The molecule has 0 unspecified atom stereocenters. The summed E-state index contributed by atoms with van der Waals surface area (Å²) in [4.78, 5) is 81.4. The van der Waals surface area contributed by atoms with Gasteiger partial charge in [0.25, 0.3) is 22.2 Å². The summed E-state index contributed by atoms with van der Waals surface area (Å²) in [5, 5.41) is 2.31. The highest BCUT2D eigenvalue weighted by Crippen LogP contribution is 2.34. The Labute approximate surface area is 615 Å². The first-order chi connectivity index (χ1) is 50.9. The minimum Gasteiger partial charge on any atom is -0.296 e. The first kappa shape index (κ1) is 73.3. The second kappa shape index (κ2) is 29.5. The van der Waals surface area contributed by atoms with Crippen molar-refractivity contribution in [3.8, 4) is 47.4 Å². The fraction of sp³-hybridized carbons (Fsp3) is 0.299. The lowest BCUT2D eigenvalue weighted by atomic mass is 9.85. The van der Waals surface area contributed by atoms with E-state index in [1.807, 2.05) is 41.8 Å². The van der Waals surface area contributed by atoms with E-state index in [1.54, 1.807) is 93.7 Å². The van der Waals surface area contributed by atoms with E-state index in [0.717, 1.165) is 116 Å². The van der Waals surface area contributed by atoms with Crippen molar-refractivity contribution in [3.63, 3.8) is 0 Å². The number of halogens is 5. The summed E-state index contributed by atoms with van der Waals surface area (Å²) in [6, 6.07) is 31.1. The molecule has 0 atom stereocenters. The van der Waals surface area contributed by atoms with Gasteiger partial charge in [-0.1, -0.05) is 109 Å². The molecule has 4 aliphatic heterocycles. The number of benzene rings is 5. The van der Waals surface area contributed by atoms with E-state index >= 15 is 0 Å². The van der Waals surface area contributed by atoms with Crippen LogP contribution in [0.1, 0.15) is 160 Å². The van der Waals surface area contributed by atoms with Crippen LogP contribution in [0.2, 0.25) is 0 Å². The lowest BCUT2D eigenvalue weighted by molar-refractivity contribution is 0.240. The van der Waals surface area contributed by atoms with Gasteiger partial charge in [-0.15, -0.1) is 0 Å². The van der Waals surface area contributed by atoms with Gasteiger partial charge in [0.1, 0.15) is 34.9 Å². The van der Waals surface area contributed by atoms with E-state index < -0.39 is 29.2 Å². The van der Waals surface area contributed by atoms with Crippen molar-refractivity contribution in [2.45, 2.75) is 147 Å². The van der Waals surface area contributed by atoms with Crippen LogP contribution < -0.4 is 22.2 Å². The Morgan fingerprint density at radius 1 is 0.364 bits per heavy atom. The van der Waals surface area contributed by atoms with E-state index in [2.05, 4.69) is 128 Å². The maximum absolute atomic E-state index is 14.0. The zero-order valence-electron chi connectivity index (χ0n) is 61.1. The molecule has 4 aliphatic rings. The van der Waals surface area contributed by atoms with Crippen molar-refractivity contribution in [2.24, 2.45) is 21.7 Å². The molecule has 0 N–H and O–H groups in total. The minimum absolute atomic E-state index is 0.00177. The topological polar surface area (TPSA) is 178 Å². The molecule has 0 saturated carbocycles. The molecule has 16 rings (SSSR count). The second-order valence-electron chi connectivity index (χ2n) is 30.8. The Balaban J connectivity index is 0.000000126. The Kier molecular flexibility index (Phi) is 20.2. The summed E-state index contributed by atoms with van der Waals surface area (Å²) < 4.78 is 75.4. The van der Waals surface area contributed by atoms with Gasteiger partial charge in [0.05, 0.1) is 72.2 Å². The summed E-state index contributed by atoms with van der Waals surface area (Å²) in [6.45, 7) is 23.6. The molecule has 0 spiro atoms. The van der Waals surface area contributed by atoms with Gasteiger partial charge in [-0.2, -0.15) is 4.39 Å². The number of hydrogen-bond acceptors (Lipinski definition) is 11. The van der Waals surface area contributed by atoms with E-state index in [-0.39, 0.29) is 55.0 Å². The fourth-order valence-electron chi connectivity index (χ4n) is 13.6. The molecule has 5 aromatic carbocycles. The van der Waals surface area contributed by atoms with Crippen molar-refractivity contribution >= 4 is 43.6 Å². The van der Waals surface area contributed by atoms with E-state index in [4.69, 9.17) is 9.97 Å². The number of pyridine rings is 3. The van der Waals surface area contributed by atoms with Crippen LogP contribution in [-0.4, -0.2) is 53.2 Å². The van der Waals surface area contributed by atoms with Crippen LogP contribution in [-0.2, 0) is 51.9 Å². The van der Waals surface area contributed by atoms with E-state index in [0.29, 0.717) is 85.7 Å². The van der Waals surface area contributed by atoms with Crippen LogP contribution in [0.5, 0.6) is 0 Å². The standard InChI is InChI=1S/C22H18F2N2O.C22H20FN3O.C22H21N3O.C21H17F2N3O/c1-22(2)11-10-20-25-19-12-14(7-9-16(19)21(27)26(20)13-22)6-8-15-17(23)4-3-5-18(15)24;1-14-20(23)16(9-11-24-14)6-4-15-5-7-17-18(12-15)25-19-8-10-22(2,3)13-26(19)21(17)27;1-15-12-17(9-11-23-15)5-4-16-6-7-18-19(13-16)24-20-8-10-22(2,3)14-25(20)21(18)26;1-21(2)8-7-19-25-17-9-13(4-6-15(17)20(27)26(19)12-21)3-5-14-10-18(23)24-11-16(14)22/h3-5,7,9,12H,10-11,13H2,1-2H3;5,7,9,11-12H,8,10,13H2,1-3H3;6-7,9,11-13H,8,10,14H2,1-3H3;4,6,9-11H,7-8,12H2,1-2H3. The summed E-state index contributed by atoms with van der Waals surface area (Å²) >= 11 is 0. The van der Waals surface area contributed by atoms with E-state index in [9.17, 15) is 41.1 Å². The summed E-state index contributed by atoms with van der Waals surface area (Å²) in [7, 11) is 0. The Hall–Kier alpha value is -12.0. The number of fused-ring (bicyclic) bond motifs is 8. The largest absolute Gasteiger partial charge is 0.296 e. The first-order valence-electron chi connectivity index (χ1n) is 35.4. The van der Waals surface area contributed by atoms with Gasteiger partial charge in [-0.3, -0.25) is 47.4 Å². The molecule has 107 heavy (non-hydrogen) atoms. The third-order valence-corrected chi connectivity index (χ3v) is 19.7. The van der Waals surface area contributed by atoms with Crippen LogP contribution in [0, 0.1) is 112 Å². The highest BCUT2D eigenvalue weighted by molar-refractivity contribution is 5.82. The second-order valence-corrected chi connectivity index (χ2v) is 30.8. The summed E-state index contributed by atoms with van der Waals surface area (Å²) in [5.41, 5.74) is 7.70. The smallest absolute Gasteiger partial charge is 0.261 e. The van der Waals surface area contributed by atoms with Crippen molar-refractivity contribution in [2.75, 3.05) is 0 Å². The molecule has 0 saturated heterocycles. The monoisotopic (exact) mass is 1430 g/mol. The predicted octanol–water partition coefficient (Wildman–Crippen LogP) is 14.6. The maximum Gasteiger partial charge on any atom is 0.261 e. The van der Waals surface area contributed by atoms with Crippen molar-refractivity contribution in [3.05, 3.63) is 284 Å². The number of aromatic nitrogens is 11. The quantitative estimate of drug-likeness (QED) is 0.0801. The van der Waals surface area contributed by atoms with Crippen LogP contribution >= 0.6 is 0 Å². The molecular weight excluding hydrogens is 1360 g/mol. The molecule has 7 aromatic heterocycles. The molecule has 0 radical (unpaired) electrons. The number of hydrogen-bond donors (Lipinski definition) is 0. The Morgan fingerprint density at radius 3 is 1.09 bits per heavy atom. The van der Waals surface area contributed by atoms with E-state index in [1.165, 1.54) is 18.2 Å². The third-order valence-electron chi connectivity index (χ3n) is 19.7. The fourth-order valence-corrected chi connectivity index (χ4v) is 13.6. The van der Waals surface area contributed by atoms with Gasteiger partial charge < -0.3 is 0 Å². The number of aryl methyl sites for hydroxylation is 6. The highest BCUT2D eigenvalue weighted by Gasteiger charge is 2.31. The first-order valence-corrected chi connectivity index (χ1v) is 35.4. The van der Waals surface area contributed by atoms with Crippen LogP contribution in [0.3, 0.4) is 0 Å². The maximum atomic E-state index is 14.0. The van der Waals surface area contributed by atoms with Crippen molar-refractivity contribution in [1.82, 2.24) is 53.2 Å².